The molecular weight excluding hydrogens is 363 g/mol. The van der Waals surface area contributed by atoms with E-state index in [-0.39, 0.29) is 24.2 Å². The van der Waals surface area contributed by atoms with Crippen LogP contribution in [0.15, 0.2) is 36.5 Å². The van der Waals surface area contributed by atoms with Gasteiger partial charge in [0.15, 0.2) is 0 Å². The van der Waals surface area contributed by atoms with Crippen molar-refractivity contribution in [1.82, 2.24) is 14.9 Å². The molecule has 0 bridgehead atoms. The number of rotatable bonds is 2. The van der Waals surface area contributed by atoms with Gasteiger partial charge in [0.05, 0.1) is 12.1 Å². The monoisotopic (exact) mass is 384 g/mol. The van der Waals surface area contributed by atoms with Gasteiger partial charge < -0.3 is 14.5 Å². The van der Waals surface area contributed by atoms with E-state index in [1.54, 1.807) is 41.1 Å². The number of carbonyl (C=O) groups is 2. The summed E-state index contributed by atoms with van der Waals surface area (Å²) in [6.45, 7) is 3.17. The Labute approximate surface area is 162 Å². The molecule has 0 saturated carbocycles. The number of nitrogens with zero attached hydrogens (tertiary/aromatic N) is 4. The van der Waals surface area contributed by atoms with E-state index >= 15 is 0 Å². The van der Waals surface area contributed by atoms with Gasteiger partial charge in [-0.15, -0.1) is 0 Å². The van der Waals surface area contributed by atoms with E-state index < -0.39 is 5.60 Å². The number of aromatic nitrogens is 2. The molecule has 3 heterocycles. The number of aryl methyl sites for hydroxylation is 1. The van der Waals surface area contributed by atoms with Crippen LogP contribution in [0.1, 0.15) is 29.2 Å². The number of anilines is 1. The summed E-state index contributed by atoms with van der Waals surface area (Å²) in [6, 6.07) is 7.50. The molecule has 4 rings (SSSR count). The number of amides is 2. The fraction of sp³-hybridized carbons (Fsp3) is 0.400. The summed E-state index contributed by atoms with van der Waals surface area (Å²) in [5.41, 5.74) is 0.542. The lowest BCUT2D eigenvalue weighted by Gasteiger charge is -2.46. The van der Waals surface area contributed by atoms with E-state index in [0.717, 1.165) is 0 Å². The average Bonchev–Trinajstić information content (AvgIpc) is 2.71. The van der Waals surface area contributed by atoms with Gasteiger partial charge in [-0.05, 0) is 50.1 Å². The number of halogens is 1. The topological polar surface area (TPSA) is 75.6 Å². The Kier molecular flexibility index (Phi) is 4.80. The molecule has 1 spiro atoms. The van der Waals surface area contributed by atoms with Crippen LogP contribution in [-0.2, 0) is 9.53 Å². The number of ether oxygens (including phenoxy) is 1. The number of morpholine rings is 1. The largest absolute Gasteiger partial charge is 0.363 e. The second-order valence-corrected chi connectivity index (χ2v) is 7.21. The van der Waals surface area contributed by atoms with Gasteiger partial charge in [-0.2, -0.15) is 0 Å². The molecule has 8 heteroatoms. The number of benzene rings is 1. The first kappa shape index (κ1) is 18.5. The van der Waals surface area contributed by atoms with Crippen LogP contribution in [0.25, 0.3) is 0 Å². The predicted molar refractivity (Wildman–Crippen MR) is 99.3 cm³/mol. The number of piperidine rings is 1. The molecule has 28 heavy (non-hydrogen) atoms. The van der Waals surface area contributed by atoms with Crippen LogP contribution in [-0.4, -0.2) is 58.5 Å². The number of likely N-dealkylation sites (tertiary alicyclic amines) is 1. The maximum atomic E-state index is 13.2. The summed E-state index contributed by atoms with van der Waals surface area (Å²) in [5, 5.41) is 0. The fourth-order valence-electron chi connectivity index (χ4n) is 3.73. The minimum Gasteiger partial charge on any atom is -0.363 e. The van der Waals surface area contributed by atoms with Crippen molar-refractivity contribution < 1.29 is 18.7 Å². The fourth-order valence-corrected chi connectivity index (χ4v) is 3.73. The van der Waals surface area contributed by atoms with Gasteiger partial charge in [0.2, 0.25) is 0 Å². The Morgan fingerprint density at radius 2 is 1.89 bits per heavy atom. The number of hydrogen-bond donors (Lipinski definition) is 0. The zero-order valence-corrected chi connectivity index (χ0v) is 15.6. The second kappa shape index (κ2) is 7.27. The molecule has 2 aliphatic rings. The summed E-state index contributed by atoms with van der Waals surface area (Å²) in [4.78, 5) is 36.6. The maximum absolute atomic E-state index is 13.2. The standard InChI is InChI=1S/C20H21FN4O3/c1-14-22-9-6-17(23-14)19(27)24-10-7-20(8-11-24)13-25(18(26)12-28-20)16-4-2-15(21)3-5-16/h2-6,9H,7-8,10-13H2,1H3. The highest BCUT2D eigenvalue weighted by Crippen LogP contribution is 2.33. The zero-order chi connectivity index (χ0) is 19.7. The van der Waals surface area contributed by atoms with Crippen molar-refractivity contribution >= 4 is 17.5 Å². The molecular formula is C20H21FN4O3. The molecule has 0 N–H and O–H groups in total. The Bertz CT molecular complexity index is 895. The summed E-state index contributed by atoms with van der Waals surface area (Å²) in [7, 11) is 0. The molecule has 7 nitrogen and oxygen atoms in total. The Morgan fingerprint density at radius 3 is 2.57 bits per heavy atom. The molecule has 0 unspecified atom stereocenters. The van der Waals surface area contributed by atoms with Crippen LogP contribution in [0, 0.1) is 12.7 Å². The van der Waals surface area contributed by atoms with Gasteiger partial charge in [0.25, 0.3) is 11.8 Å². The third-order valence-corrected chi connectivity index (χ3v) is 5.34. The van der Waals surface area contributed by atoms with E-state index in [1.807, 2.05) is 0 Å². The quantitative estimate of drug-likeness (QED) is 0.791. The van der Waals surface area contributed by atoms with Crippen molar-refractivity contribution in [3.63, 3.8) is 0 Å². The highest BCUT2D eigenvalue weighted by Gasteiger charge is 2.43. The van der Waals surface area contributed by atoms with E-state index in [0.29, 0.717) is 49.7 Å². The van der Waals surface area contributed by atoms with Gasteiger partial charge in [0.1, 0.15) is 23.9 Å². The van der Waals surface area contributed by atoms with Crippen molar-refractivity contribution in [3.8, 4) is 0 Å². The third kappa shape index (κ3) is 3.60. The van der Waals surface area contributed by atoms with Crippen molar-refractivity contribution in [3.05, 3.63) is 53.9 Å². The highest BCUT2D eigenvalue weighted by molar-refractivity contribution is 5.95. The van der Waals surface area contributed by atoms with Crippen LogP contribution in [0.4, 0.5) is 10.1 Å². The molecule has 146 valence electrons. The summed E-state index contributed by atoms with van der Waals surface area (Å²) in [6.07, 6.45) is 2.82. The van der Waals surface area contributed by atoms with Gasteiger partial charge in [-0.3, -0.25) is 9.59 Å². The minimum absolute atomic E-state index is 0.0174. The summed E-state index contributed by atoms with van der Waals surface area (Å²) in [5.74, 6) is -0.0517. The number of hydrogen-bond acceptors (Lipinski definition) is 5. The van der Waals surface area contributed by atoms with Crippen LogP contribution in [0.3, 0.4) is 0 Å². The molecule has 2 fully saturated rings. The van der Waals surface area contributed by atoms with E-state index in [9.17, 15) is 14.0 Å². The zero-order valence-electron chi connectivity index (χ0n) is 15.6. The Hall–Kier alpha value is -2.87. The summed E-state index contributed by atoms with van der Waals surface area (Å²) < 4.78 is 19.1. The van der Waals surface area contributed by atoms with Crippen LogP contribution in [0.2, 0.25) is 0 Å². The average molecular weight is 384 g/mol. The van der Waals surface area contributed by atoms with Crippen molar-refractivity contribution in [2.24, 2.45) is 0 Å². The summed E-state index contributed by atoms with van der Waals surface area (Å²) >= 11 is 0. The molecule has 2 aliphatic heterocycles. The highest BCUT2D eigenvalue weighted by atomic mass is 19.1. The molecule has 2 aromatic rings. The molecule has 0 atom stereocenters. The lowest BCUT2D eigenvalue weighted by Crippen LogP contribution is -2.59. The third-order valence-electron chi connectivity index (χ3n) is 5.34. The number of carbonyl (C=O) groups excluding carboxylic acids is 2. The molecule has 1 aromatic carbocycles. The SMILES string of the molecule is Cc1nccc(C(=O)N2CCC3(CC2)CN(c2ccc(F)cc2)C(=O)CO3)n1. The molecule has 0 aliphatic carbocycles. The predicted octanol–water partition coefficient (Wildman–Crippen LogP) is 1.96. The lowest BCUT2D eigenvalue weighted by molar-refractivity contribution is -0.143. The first-order chi connectivity index (χ1) is 13.5. The molecule has 2 amide bonds. The van der Waals surface area contributed by atoms with E-state index in [1.165, 1.54) is 12.1 Å². The normalized spacial score (nSPS) is 19.1. The maximum Gasteiger partial charge on any atom is 0.272 e. The molecule has 1 aromatic heterocycles. The van der Waals surface area contributed by atoms with Gasteiger partial charge in [0, 0.05) is 25.0 Å². The van der Waals surface area contributed by atoms with Crippen molar-refractivity contribution in [1.29, 1.82) is 0 Å². The lowest BCUT2D eigenvalue weighted by atomic mass is 9.89. The van der Waals surface area contributed by atoms with E-state index in [4.69, 9.17) is 4.74 Å². The van der Waals surface area contributed by atoms with Crippen molar-refractivity contribution in [2.75, 3.05) is 31.1 Å². The van der Waals surface area contributed by atoms with Crippen molar-refractivity contribution in [2.45, 2.75) is 25.4 Å². The Balaban J connectivity index is 1.45. The van der Waals surface area contributed by atoms with Gasteiger partial charge in [-0.1, -0.05) is 0 Å². The second-order valence-electron chi connectivity index (χ2n) is 7.21. The van der Waals surface area contributed by atoms with Crippen LogP contribution in [0.5, 0.6) is 0 Å². The smallest absolute Gasteiger partial charge is 0.272 e. The first-order valence-corrected chi connectivity index (χ1v) is 9.25. The molecule has 0 radical (unpaired) electrons. The minimum atomic E-state index is -0.499. The first-order valence-electron chi connectivity index (χ1n) is 9.25. The Morgan fingerprint density at radius 1 is 1.18 bits per heavy atom. The molecule has 2 saturated heterocycles. The van der Waals surface area contributed by atoms with Crippen LogP contribution < -0.4 is 4.90 Å². The van der Waals surface area contributed by atoms with Crippen LogP contribution >= 0.6 is 0 Å². The van der Waals surface area contributed by atoms with Gasteiger partial charge in [-0.25, -0.2) is 14.4 Å². The van der Waals surface area contributed by atoms with E-state index in [2.05, 4.69) is 9.97 Å². The van der Waals surface area contributed by atoms with Gasteiger partial charge >= 0.3 is 0 Å².